The van der Waals surface area contributed by atoms with Crippen molar-refractivity contribution in [1.29, 1.82) is 0 Å². The van der Waals surface area contributed by atoms with E-state index < -0.39 is 25.1 Å². The van der Waals surface area contributed by atoms with E-state index >= 15 is 0 Å². The lowest BCUT2D eigenvalue weighted by Crippen LogP contribution is -2.33. The van der Waals surface area contributed by atoms with Crippen LogP contribution in [0.2, 0.25) is 0 Å². The number of rotatable bonds is 4. The smallest absolute Gasteiger partial charge is 0.384 e. The van der Waals surface area contributed by atoms with E-state index in [-0.39, 0.29) is 18.7 Å². The third-order valence-electron chi connectivity index (χ3n) is 2.59. The van der Waals surface area contributed by atoms with Crippen LogP contribution in [0.15, 0.2) is 18.2 Å². The fourth-order valence-corrected chi connectivity index (χ4v) is 1.69. The SMILES string of the molecule is CCN(Cc1ccc(F)c(C#CCO)c1)CC(F)(F)F. The van der Waals surface area contributed by atoms with Crippen molar-refractivity contribution in [2.45, 2.75) is 19.6 Å². The van der Waals surface area contributed by atoms with Crippen molar-refractivity contribution in [3.05, 3.63) is 35.1 Å². The molecule has 0 atom stereocenters. The van der Waals surface area contributed by atoms with Crippen molar-refractivity contribution in [3.8, 4) is 11.8 Å². The van der Waals surface area contributed by atoms with E-state index in [1.165, 1.54) is 17.0 Å². The summed E-state index contributed by atoms with van der Waals surface area (Å²) in [6.07, 6.45) is -4.27. The number of hydrogen-bond acceptors (Lipinski definition) is 2. The second-order valence-electron chi connectivity index (χ2n) is 4.19. The molecule has 1 N–H and O–H groups in total. The van der Waals surface area contributed by atoms with Gasteiger partial charge in [0.15, 0.2) is 0 Å². The number of hydrogen-bond donors (Lipinski definition) is 1. The number of nitrogens with zero attached hydrogens (tertiary/aromatic N) is 1. The van der Waals surface area contributed by atoms with E-state index in [2.05, 4.69) is 11.8 Å². The summed E-state index contributed by atoms with van der Waals surface area (Å²) in [6, 6.07) is 3.99. The lowest BCUT2D eigenvalue weighted by molar-refractivity contribution is -0.146. The maximum atomic E-state index is 13.4. The van der Waals surface area contributed by atoms with Gasteiger partial charge >= 0.3 is 6.18 Å². The lowest BCUT2D eigenvalue weighted by Gasteiger charge is -2.22. The van der Waals surface area contributed by atoms with Crippen LogP contribution in [-0.2, 0) is 6.54 Å². The van der Waals surface area contributed by atoms with Gasteiger partial charge in [-0.1, -0.05) is 24.8 Å². The monoisotopic (exact) mass is 289 g/mol. The Morgan fingerprint density at radius 3 is 2.55 bits per heavy atom. The second-order valence-corrected chi connectivity index (χ2v) is 4.19. The summed E-state index contributed by atoms with van der Waals surface area (Å²) in [5.41, 5.74) is 0.611. The third-order valence-corrected chi connectivity index (χ3v) is 2.59. The van der Waals surface area contributed by atoms with E-state index in [1.807, 2.05) is 0 Å². The van der Waals surface area contributed by atoms with E-state index in [9.17, 15) is 17.6 Å². The topological polar surface area (TPSA) is 23.5 Å². The van der Waals surface area contributed by atoms with E-state index in [0.29, 0.717) is 5.56 Å². The predicted octanol–water partition coefficient (Wildman–Crippen LogP) is 2.55. The largest absolute Gasteiger partial charge is 0.401 e. The Labute approximate surface area is 115 Å². The normalized spacial score (nSPS) is 11.3. The van der Waals surface area contributed by atoms with Gasteiger partial charge in [0.25, 0.3) is 0 Å². The highest BCUT2D eigenvalue weighted by Crippen LogP contribution is 2.18. The number of benzene rings is 1. The first-order chi connectivity index (χ1) is 9.35. The molecule has 0 radical (unpaired) electrons. The molecule has 0 aliphatic carbocycles. The molecule has 6 heteroatoms. The van der Waals surface area contributed by atoms with E-state index in [4.69, 9.17) is 5.11 Å². The minimum atomic E-state index is -4.27. The van der Waals surface area contributed by atoms with Crippen molar-refractivity contribution >= 4 is 0 Å². The molecule has 0 heterocycles. The van der Waals surface area contributed by atoms with Crippen LogP contribution in [0.4, 0.5) is 17.6 Å². The van der Waals surface area contributed by atoms with Gasteiger partial charge < -0.3 is 5.11 Å². The number of aliphatic hydroxyl groups is 1. The first-order valence-electron chi connectivity index (χ1n) is 6.03. The average Bonchev–Trinajstić information content (AvgIpc) is 2.37. The molecular weight excluding hydrogens is 274 g/mol. The van der Waals surface area contributed by atoms with Gasteiger partial charge in [0.05, 0.1) is 12.1 Å². The molecule has 1 aromatic rings. The number of aliphatic hydroxyl groups excluding tert-OH is 1. The fraction of sp³-hybridized carbons (Fsp3) is 0.429. The summed E-state index contributed by atoms with van der Waals surface area (Å²) in [4.78, 5) is 1.20. The minimum absolute atomic E-state index is 0.0596. The molecule has 0 spiro atoms. The third kappa shape index (κ3) is 5.59. The minimum Gasteiger partial charge on any atom is -0.384 e. The number of halogens is 4. The molecule has 0 aliphatic rings. The zero-order valence-corrected chi connectivity index (χ0v) is 11.0. The lowest BCUT2D eigenvalue weighted by atomic mass is 10.1. The Kier molecular flexibility index (Phi) is 5.99. The Hall–Kier alpha value is -1.58. The zero-order chi connectivity index (χ0) is 15.2. The van der Waals surface area contributed by atoms with E-state index in [1.54, 1.807) is 6.92 Å². The molecule has 1 rings (SSSR count). The van der Waals surface area contributed by atoms with Crippen LogP contribution in [0.3, 0.4) is 0 Å². The Bertz CT molecular complexity index is 502. The molecule has 0 saturated heterocycles. The van der Waals surface area contributed by atoms with Crippen LogP contribution in [-0.4, -0.2) is 35.9 Å². The summed E-state index contributed by atoms with van der Waals surface area (Å²) in [6.45, 7) is 0.498. The quantitative estimate of drug-likeness (QED) is 0.680. The van der Waals surface area contributed by atoms with Gasteiger partial charge in [0.2, 0.25) is 0 Å². The molecule has 0 bridgehead atoms. The number of alkyl halides is 3. The molecule has 1 aromatic carbocycles. The average molecular weight is 289 g/mol. The predicted molar refractivity (Wildman–Crippen MR) is 67.4 cm³/mol. The highest BCUT2D eigenvalue weighted by atomic mass is 19.4. The van der Waals surface area contributed by atoms with Crippen LogP contribution < -0.4 is 0 Å². The van der Waals surface area contributed by atoms with Crippen molar-refractivity contribution in [1.82, 2.24) is 4.90 Å². The van der Waals surface area contributed by atoms with Crippen LogP contribution in [0.5, 0.6) is 0 Å². The molecule has 110 valence electrons. The van der Waals surface area contributed by atoms with Gasteiger partial charge in [-0.2, -0.15) is 13.2 Å². The molecule has 0 aromatic heterocycles. The van der Waals surface area contributed by atoms with Crippen molar-refractivity contribution in [2.75, 3.05) is 19.7 Å². The van der Waals surface area contributed by atoms with Crippen molar-refractivity contribution in [2.24, 2.45) is 0 Å². The van der Waals surface area contributed by atoms with Crippen LogP contribution in [0.1, 0.15) is 18.1 Å². The standard InChI is InChI=1S/C14H15F4NO/c1-2-19(10-14(16,17)18)9-11-5-6-13(15)12(8-11)4-3-7-20/h5-6,8,20H,2,7,9-10H2,1H3. The van der Waals surface area contributed by atoms with Crippen LogP contribution in [0.25, 0.3) is 0 Å². The summed E-state index contributed by atoms with van der Waals surface area (Å²) >= 11 is 0. The van der Waals surface area contributed by atoms with Gasteiger partial charge in [-0.3, -0.25) is 4.90 Å². The van der Waals surface area contributed by atoms with Crippen molar-refractivity contribution < 1.29 is 22.7 Å². The highest BCUT2D eigenvalue weighted by Gasteiger charge is 2.30. The van der Waals surface area contributed by atoms with Gasteiger partial charge in [-0.15, -0.1) is 0 Å². The molecule has 0 amide bonds. The first kappa shape index (κ1) is 16.5. The summed E-state index contributed by atoms with van der Waals surface area (Å²) < 4.78 is 50.5. The molecule has 20 heavy (non-hydrogen) atoms. The fourth-order valence-electron chi connectivity index (χ4n) is 1.69. The summed E-state index contributed by atoms with van der Waals surface area (Å²) in [5, 5.41) is 8.57. The molecule has 0 unspecified atom stereocenters. The zero-order valence-electron chi connectivity index (χ0n) is 11.0. The van der Waals surface area contributed by atoms with Crippen LogP contribution >= 0.6 is 0 Å². The molecule has 0 saturated carbocycles. The molecule has 0 aliphatic heterocycles. The Morgan fingerprint density at radius 2 is 2.00 bits per heavy atom. The van der Waals surface area contributed by atoms with Gasteiger partial charge in [0.1, 0.15) is 12.4 Å². The maximum absolute atomic E-state index is 13.4. The van der Waals surface area contributed by atoms with Crippen LogP contribution in [0, 0.1) is 17.7 Å². The molecule has 2 nitrogen and oxygen atoms in total. The second kappa shape index (κ2) is 7.27. The maximum Gasteiger partial charge on any atom is 0.401 e. The van der Waals surface area contributed by atoms with E-state index in [0.717, 1.165) is 6.07 Å². The summed E-state index contributed by atoms with van der Waals surface area (Å²) in [7, 11) is 0. The van der Waals surface area contributed by atoms with Gasteiger partial charge in [-0.25, -0.2) is 4.39 Å². The summed E-state index contributed by atoms with van der Waals surface area (Å²) in [5.74, 6) is 4.18. The van der Waals surface area contributed by atoms with Gasteiger partial charge in [-0.05, 0) is 24.2 Å². The molecule has 0 fully saturated rings. The Morgan fingerprint density at radius 1 is 1.30 bits per heavy atom. The Balaban J connectivity index is 2.86. The molecular formula is C14H15F4NO. The van der Waals surface area contributed by atoms with Gasteiger partial charge in [0, 0.05) is 6.54 Å². The van der Waals surface area contributed by atoms with Crippen molar-refractivity contribution in [3.63, 3.8) is 0 Å². The highest BCUT2D eigenvalue weighted by molar-refractivity contribution is 5.38. The first-order valence-corrected chi connectivity index (χ1v) is 6.03.